The summed E-state index contributed by atoms with van der Waals surface area (Å²) in [5.41, 5.74) is 0. The standard InChI is InChI=1S/C18H29N5O6/c1-12-10-22(3)13(11-21(12)2)18(28)20-8-6-14(24)19-9-7-17(27)29-23-15(25)4-5-16(23)26/h12-13H,4-11H2,1-3H3,(H,19,24)(H,20,28)/i1+1,2+1,3+1,10+1,12+1,13+1,17+1,19+1,21+1. The highest BCUT2D eigenvalue weighted by Gasteiger charge is 2.33. The molecule has 0 aromatic heterocycles. The lowest BCUT2D eigenvalue weighted by molar-refractivity contribution is -0.197. The van der Waals surface area contributed by atoms with Crippen LogP contribution in [0.4, 0.5) is 0 Å². The number of carbonyl (C=O) groups excluding carboxylic acids is 5. The van der Waals surface area contributed by atoms with Crippen molar-refractivity contribution in [1.82, 2.24) is 25.5 Å². The second-order valence-electron chi connectivity index (χ2n) is 7.43. The summed E-state index contributed by atoms with van der Waals surface area (Å²) in [5, 5.41) is 5.77. The van der Waals surface area contributed by atoms with Crippen LogP contribution in [-0.4, -0.2) is 96.8 Å². The van der Waals surface area contributed by atoms with E-state index in [1.165, 1.54) is 0 Å². The highest BCUT2D eigenvalue weighted by molar-refractivity contribution is 6.01. The zero-order valence-electron chi connectivity index (χ0n) is 17.1. The van der Waals surface area contributed by atoms with E-state index in [0.717, 1.165) is 6.54 Å². The minimum Gasteiger partial charge on any atom is -0.355 e. The smallest absolute Gasteiger partial charge is 0.334 e. The Balaban J connectivity index is 1.60. The zero-order chi connectivity index (χ0) is 21.6. The number of hydroxylamine groups is 2. The third-order valence-corrected chi connectivity index (χ3v) is 5.10. The third-order valence-electron chi connectivity index (χ3n) is 5.10. The van der Waals surface area contributed by atoms with Crippen LogP contribution in [0.25, 0.3) is 0 Å². The Kier molecular flexibility index (Phi) is 8.09. The summed E-state index contributed by atoms with van der Waals surface area (Å²) in [5.74, 6) is -2.32. The lowest BCUT2D eigenvalue weighted by atomic mass is 10.4. The van der Waals surface area contributed by atoms with Gasteiger partial charge in [0.2, 0.25) is 11.8 Å². The van der Waals surface area contributed by atoms with Crippen molar-refractivity contribution in [1.29, 1.82) is 0 Å². The summed E-state index contributed by atoms with van der Waals surface area (Å²) in [6.07, 6.45) is -0.0415. The Morgan fingerprint density at radius 3 is 2.24 bits per heavy atom. The normalized spacial score (nSPS) is 23.2. The van der Waals surface area contributed by atoms with Crippen molar-refractivity contribution in [3.05, 3.63) is 0 Å². The van der Waals surface area contributed by atoms with Crippen LogP contribution < -0.4 is 10.6 Å². The van der Waals surface area contributed by atoms with Gasteiger partial charge in [-0.25, -0.2) is 4.79 Å². The van der Waals surface area contributed by atoms with E-state index in [0.29, 0.717) is 17.6 Å². The number of likely N-dealkylation sites (N-methyl/N-ethyl adjacent to an activating group) is 2. The molecule has 2 fully saturated rings. The van der Waals surface area contributed by atoms with Crippen molar-refractivity contribution in [3.63, 3.8) is 0 Å². The van der Waals surface area contributed by atoms with Gasteiger partial charge in [0, 0.05) is 51.5 Å². The molecule has 0 aromatic carbocycles. The highest BCUT2D eigenvalue weighted by Crippen LogP contribution is 2.13. The first kappa shape index (κ1) is 22.8. The van der Waals surface area contributed by atoms with Gasteiger partial charge in [0.05, 0.1) is 6.42 Å². The minimum absolute atomic E-state index is 0.00980. The third kappa shape index (κ3) is 6.50. The molecule has 2 N–H and O–H groups in total. The summed E-state index contributed by atoms with van der Waals surface area (Å²) in [7, 11) is 3.88. The lowest BCUT2D eigenvalue weighted by Gasteiger charge is -2.41. The number of hydrogen-bond acceptors (Lipinski definition) is 8. The molecule has 0 spiro atoms. The molecule has 11 heteroatoms. The number of nitrogens with one attached hydrogen (secondary N) is 2. The Labute approximate surface area is 169 Å². The molecule has 2 atom stereocenters. The van der Waals surface area contributed by atoms with Crippen molar-refractivity contribution in [2.45, 2.75) is 44.7 Å². The topological polar surface area (TPSA) is 128 Å². The van der Waals surface area contributed by atoms with E-state index >= 15 is 0 Å². The number of amides is 4. The van der Waals surface area contributed by atoms with Gasteiger partial charge < -0.3 is 20.4 Å². The zero-order valence-corrected chi connectivity index (χ0v) is 17.1. The maximum Gasteiger partial charge on any atom is 0.334 e. The van der Waals surface area contributed by atoms with E-state index in [9.17, 15) is 24.0 Å². The predicted octanol–water partition coefficient (Wildman–Crippen LogP) is -1.76. The van der Waals surface area contributed by atoms with Gasteiger partial charge in [0.15, 0.2) is 0 Å². The van der Waals surface area contributed by atoms with Gasteiger partial charge >= 0.3 is 5.97 Å². The minimum atomic E-state index is -0.777. The van der Waals surface area contributed by atoms with Crippen LogP contribution in [0.3, 0.4) is 0 Å². The molecule has 2 rings (SSSR count). The number of carbonyl (C=O) groups is 5. The molecule has 2 heterocycles. The van der Waals surface area contributed by atoms with Crippen LogP contribution in [0, 0.1) is 0 Å². The largest absolute Gasteiger partial charge is 0.355 e. The van der Waals surface area contributed by atoms with E-state index in [2.05, 4.69) is 22.5 Å². The number of hydrogen-bond donors (Lipinski definition) is 2. The number of imide groups is 1. The van der Waals surface area contributed by atoms with Crippen LogP contribution in [0.15, 0.2) is 0 Å². The molecule has 0 saturated carbocycles. The SMILES string of the molecule is [13CH3][13CH]1[13CH2]N([13CH3])[13CH](C(=O)NCCC(=O)[15NH]CC[13C](=O)ON2C(=O)CCC2=O)C[15N]1[13CH3]. The molecule has 2 unspecified atom stereocenters. The quantitative estimate of drug-likeness (QED) is 0.269. The lowest BCUT2D eigenvalue weighted by Crippen LogP contribution is -2.59. The van der Waals surface area contributed by atoms with Crippen molar-refractivity contribution in [2.24, 2.45) is 0 Å². The molecule has 11 nitrogen and oxygen atoms in total. The number of nitrogens with zero attached hydrogens (tertiary/aromatic N) is 3. The Bertz CT molecular complexity index is 653. The van der Waals surface area contributed by atoms with Gasteiger partial charge in [0.25, 0.3) is 11.8 Å². The maximum absolute atomic E-state index is 12.3. The summed E-state index contributed by atoms with van der Waals surface area (Å²) in [6, 6.07) is 0.119. The van der Waals surface area contributed by atoms with Gasteiger partial charge in [-0.3, -0.25) is 24.1 Å². The average Bonchev–Trinajstić information content (AvgIpc) is 2.96. The van der Waals surface area contributed by atoms with E-state index in [-0.39, 0.29) is 56.6 Å². The van der Waals surface area contributed by atoms with Crippen LogP contribution in [0.1, 0.15) is 32.6 Å². The highest BCUT2D eigenvalue weighted by atomic mass is 16.8. The molecule has 4 amide bonds. The van der Waals surface area contributed by atoms with Crippen LogP contribution in [-0.2, 0) is 28.8 Å². The molecule has 29 heavy (non-hydrogen) atoms. The van der Waals surface area contributed by atoms with Crippen LogP contribution in [0.2, 0.25) is 0 Å². The first-order chi connectivity index (χ1) is 13.7. The first-order valence-electron chi connectivity index (χ1n) is 9.70. The number of piperazine rings is 1. The summed E-state index contributed by atoms with van der Waals surface area (Å²) >= 11 is 0. The monoisotopic (exact) mass is 420 g/mol. The van der Waals surface area contributed by atoms with Crippen LogP contribution in [0.5, 0.6) is 0 Å². The van der Waals surface area contributed by atoms with Crippen LogP contribution >= 0.6 is 0 Å². The van der Waals surface area contributed by atoms with Crippen molar-refractivity contribution >= 4 is 29.6 Å². The van der Waals surface area contributed by atoms with Gasteiger partial charge in [-0.05, 0) is 21.0 Å². The summed E-state index contributed by atoms with van der Waals surface area (Å²) in [4.78, 5) is 67.4. The molecule has 2 aliphatic heterocycles. The molecule has 2 saturated heterocycles. The molecule has 0 aromatic rings. The molecule has 0 bridgehead atoms. The van der Waals surface area contributed by atoms with Crippen molar-refractivity contribution < 1.29 is 28.8 Å². The van der Waals surface area contributed by atoms with Gasteiger partial charge in [-0.1, -0.05) is 0 Å². The van der Waals surface area contributed by atoms with Gasteiger partial charge in [-0.15, -0.1) is 5.06 Å². The van der Waals surface area contributed by atoms with Gasteiger partial charge in [0.1, 0.15) is 6.04 Å². The maximum atomic E-state index is 12.3. The Morgan fingerprint density at radius 2 is 1.59 bits per heavy atom. The average molecular weight is 420 g/mol. The predicted molar refractivity (Wildman–Crippen MR) is 101 cm³/mol. The fourth-order valence-electron chi connectivity index (χ4n) is 3.17. The molecular weight excluding hydrogens is 391 g/mol. The second-order valence-corrected chi connectivity index (χ2v) is 7.43. The summed E-state index contributed by atoms with van der Waals surface area (Å²) in [6.45, 7) is 3.72. The molecule has 0 aliphatic carbocycles. The molecule has 162 valence electrons. The fraction of sp³-hybridized carbons (Fsp3) is 0.722. The van der Waals surface area contributed by atoms with Crippen molar-refractivity contribution in [3.8, 4) is 0 Å². The Morgan fingerprint density at radius 1 is 0.966 bits per heavy atom. The van der Waals surface area contributed by atoms with Gasteiger partial charge in [-0.2, -0.15) is 0 Å². The summed E-state index contributed by atoms with van der Waals surface area (Å²) < 4.78 is 0. The Hall–Kier alpha value is -2.53. The van der Waals surface area contributed by atoms with E-state index in [1.54, 1.807) is 0 Å². The van der Waals surface area contributed by atoms with E-state index in [1.807, 2.05) is 19.0 Å². The number of rotatable bonds is 8. The second kappa shape index (κ2) is 10.3. The molecule has 2 aliphatic rings. The van der Waals surface area contributed by atoms with E-state index in [4.69, 9.17) is 4.84 Å². The molecule has 0 radical (unpaired) electrons. The fourth-order valence-corrected chi connectivity index (χ4v) is 3.17. The van der Waals surface area contributed by atoms with Crippen molar-refractivity contribution in [2.75, 3.05) is 40.3 Å². The molecular formula is C18H29N5O6. The first-order valence-corrected chi connectivity index (χ1v) is 9.70. The van der Waals surface area contributed by atoms with E-state index < -0.39 is 17.8 Å².